The van der Waals surface area contributed by atoms with E-state index in [-0.39, 0.29) is 42.1 Å². The normalized spacial score (nSPS) is 13.4. The smallest absolute Gasteiger partial charge is 0.373 e. The number of hydrogen-bond donors (Lipinski definition) is 1. The van der Waals surface area contributed by atoms with Gasteiger partial charge in [-0.3, -0.25) is 14.4 Å². The van der Waals surface area contributed by atoms with Crippen LogP contribution in [-0.2, 0) is 20.8 Å². The van der Waals surface area contributed by atoms with Crippen LogP contribution < -0.4 is 0 Å². The molecule has 0 unspecified atom stereocenters. The zero-order valence-corrected chi connectivity index (χ0v) is 19.2. The molecule has 1 saturated heterocycles. The Kier molecular flexibility index (Phi) is 12.2. The van der Waals surface area contributed by atoms with Crippen LogP contribution in [-0.4, -0.2) is 58.8 Å². The maximum atomic E-state index is 13.8. The highest BCUT2D eigenvalue weighted by Crippen LogP contribution is 2.21. The first-order chi connectivity index (χ1) is 16.5. The van der Waals surface area contributed by atoms with Gasteiger partial charge in [0.15, 0.2) is 11.6 Å². The van der Waals surface area contributed by atoms with Gasteiger partial charge in [0.25, 0.3) is 0 Å². The minimum absolute atomic E-state index is 0.0865. The monoisotopic (exact) mass is 494 g/mol. The number of ketones is 2. The Bertz CT molecular complexity index is 1060. The lowest BCUT2D eigenvalue weighted by Crippen LogP contribution is -2.33. The van der Waals surface area contributed by atoms with Crippen molar-refractivity contribution in [3.8, 4) is 0 Å². The second kappa shape index (κ2) is 14.5. The third-order valence-electron chi connectivity index (χ3n) is 5.08. The molecular weight excluding hydrogens is 469 g/mol. The molecule has 0 atom stereocenters. The van der Waals surface area contributed by atoms with Crippen molar-refractivity contribution in [3.63, 3.8) is 0 Å². The Labute approximate surface area is 199 Å². The Hall–Kier alpha value is -3.69. The first-order valence-electron chi connectivity index (χ1n) is 10.6. The van der Waals surface area contributed by atoms with E-state index in [1.807, 2.05) is 7.05 Å². The summed E-state index contributed by atoms with van der Waals surface area (Å²) in [6.45, 7) is 3.26. The van der Waals surface area contributed by atoms with E-state index in [9.17, 15) is 27.6 Å². The summed E-state index contributed by atoms with van der Waals surface area (Å²) in [5, 5.41) is 7.72. The maximum Gasteiger partial charge on any atom is 0.373 e. The molecule has 188 valence electrons. The molecule has 35 heavy (non-hydrogen) atoms. The molecule has 0 aliphatic carbocycles. The summed E-state index contributed by atoms with van der Waals surface area (Å²) in [6, 6.07) is 5.61. The Morgan fingerprint density at radius 3 is 2.09 bits per heavy atom. The molecular formula is C24H25F3N2O6. The fourth-order valence-corrected chi connectivity index (χ4v) is 3.26. The minimum Gasteiger partial charge on any atom is -0.481 e. The highest BCUT2D eigenvalue weighted by atomic mass is 19.1. The van der Waals surface area contributed by atoms with Crippen molar-refractivity contribution < 1.29 is 42.3 Å². The van der Waals surface area contributed by atoms with Gasteiger partial charge >= 0.3 is 12.1 Å². The summed E-state index contributed by atoms with van der Waals surface area (Å²) >= 11 is 0. The minimum atomic E-state index is -1.25. The quantitative estimate of drug-likeness (QED) is 0.607. The number of likely N-dealkylation sites (tertiary alicyclic amines) is 1. The van der Waals surface area contributed by atoms with Gasteiger partial charge < -0.3 is 10.0 Å². The molecule has 0 bridgehead atoms. The second-order valence-electron chi connectivity index (χ2n) is 7.63. The van der Waals surface area contributed by atoms with Gasteiger partial charge in [-0.1, -0.05) is 13.0 Å². The second-order valence-corrected chi connectivity index (χ2v) is 7.63. The van der Waals surface area contributed by atoms with E-state index in [4.69, 9.17) is 14.7 Å². The van der Waals surface area contributed by atoms with Gasteiger partial charge in [0, 0.05) is 30.2 Å². The molecule has 1 aromatic carbocycles. The van der Waals surface area contributed by atoms with Crippen molar-refractivity contribution >= 4 is 23.7 Å². The third kappa shape index (κ3) is 9.60. The molecule has 1 aliphatic heterocycles. The zero-order valence-electron chi connectivity index (χ0n) is 19.2. The molecule has 11 heteroatoms. The number of rotatable bonds is 6. The Balaban J connectivity index is 0.000000669. The van der Waals surface area contributed by atoms with Crippen molar-refractivity contribution in [3.05, 3.63) is 64.7 Å². The molecule has 2 heterocycles. The van der Waals surface area contributed by atoms with Gasteiger partial charge in [-0.25, -0.2) is 18.2 Å². The van der Waals surface area contributed by atoms with E-state index in [2.05, 4.69) is 9.88 Å². The summed E-state index contributed by atoms with van der Waals surface area (Å²) < 4.78 is 40.5. The SMILES string of the molecule is CCC(=O)O.CN1CCC(C(=O)c2cccc(CC(=O)c3c(F)cc(F)cc3F)n2)CC1.O=C=O. The molecule has 1 aromatic heterocycles. The summed E-state index contributed by atoms with van der Waals surface area (Å²) in [5.74, 6) is -5.41. The number of Topliss-reactive ketones (excluding diaryl/α,β-unsaturated/α-hetero) is 2. The van der Waals surface area contributed by atoms with E-state index in [1.165, 1.54) is 6.07 Å². The van der Waals surface area contributed by atoms with Crippen LogP contribution in [0, 0.1) is 23.4 Å². The van der Waals surface area contributed by atoms with Gasteiger partial charge in [0.2, 0.25) is 0 Å². The van der Waals surface area contributed by atoms with E-state index in [0.29, 0.717) is 12.1 Å². The van der Waals surface area contributed by atoms with Crippen molar-refractivity contribution in [2.75, 3.05) is 20.1 Å². The summed E-state index contributed by atoms with van der Waals surface area (Å²) in [6.07, 6.45) is 1.58. The van der Waals surface area contributed by atoms with Crippen LogP contribution in [0.2, 0.25) is 0 Å². The van der Waals surface area contributed by atoms with E-state index < -0.39 is 34.8 Å². The number of piperidine rings is 1. The van der Waals surface area contributed by atoms with Crippen molar-refractivity contribution in [2.45, 2.75) is 32.6 Å². The Morgan fingerprint density at radius 1 is 1.09 bits per heavy atom. The number of carboxylic acid groups (broad SMARTS) is 1. The molecule has 0 spiro atoms. The zero-order chi connectivity index (χ0) is 26.5. The van der Waals surface area contributed by atoms with Crippen molar-refractivity contribution in [1.29, 1.82) is 0 Å². The molecule has 2 aromatic rings. The van der Waals surface area contributed by atoms with E-state index in [0.717, 1.165) is 25.9 Å². The molecule has 0 amide bonds. The van der Waals surface area contributed by atoms with Crippen LogP contribution in [0.1, 0.15) is 52.7 Å². The summed E-state index contributed by atoms with van der Waals surface area (Å²) in [7, 11) is 2.00. The van der Waals surface area contributed by atoms with Gasteiger partial charge in [0.05, 0.1) is 12.0 Å². The number of benzene rings is 1. The van der Waals surface area contributed by atoms with Crippen LogP contribution >= 0.6 is 0 Å². The van der Waals surface area contributed by atoms with Crippen LogP contribution in [0.15, 0.2) is 30.3 Å². The lowest BCUT2D eigenvalue weighted by atomic mass is 9.91. The first-order valence-corrected chi connectivity index (χ1v) is 10.6. The summed E-state index contributed by atoms with van der Waals surface area (Å²) in [5.41, 5.74) is -0.318. The fourth-order valence-electron chi connectivity index (χ4n) is 3.26. The number of hydrogen-bond acceptors (Lipinski definition) is 7. The van der Waals surface area contributed by atoms with Crippen LogP contribution in [0.3, 0.4) is 0 Å². The standard InChI is InChI=1S/C20H19F3N2O2.C3H6O2.CO2/c1-25-7-5-12(6-8-25)20(27)17-4-2-3-14(24-17)11-18(26)19-15(22)9-13(21)10-16(19)23;1-2-3(4)5;2-1-3/h2-4,9-10,12H,5-8,11H2,1H3;2H2,1H3,(H,4,5);. The average molecular weight is 494 g/mol. The number of pyridine rings is 1. The molecule has 0 radical (unpaired) electrons. The first kappa shape index (κ1) is 29.3. The molecule has 1 aliphatic rings. The van der Waals surface area contributed by atoms with Gasteiger partial charge in [0.1, 0.15) is 23.1 Å². The predicted molar refractivity (Wildman–Crippen MR) is 116 cm³/mol. The molecule has 3 rings (SSSR count). The summed E-state index contributed by atoms with van der Waals surface area (Å²) in [4.78, 5) is 56.9. The van der Waals surface area contributed by atoms with Crippen molar-refractivity contribution in [2.24, 2.45) is 5.92 Å². The highest BCUT2D eigenvalue weighted by Gasteiger charge is 2.26. The largest absolute Gasteiger partial charge is 0.481 e. The Morgan fingerprint density at radius 2 is 1.60 bits per heavy atom. The maximum absolute atomic E-state index is 13.8. The van der Waals surface area contributed by atoms with Gasteiger partial charge in [-0.2, -0.15) is 9.59 Å². The molecule has 1 N–H and O–H groups in total. The number of aromatic nitrogens is 1. The number of aliphatic carboxylic acids is 1. The lowest BCUT2D eigenvalue weighted by Gasteiger charge is -2.27. The number of carbonyl (C=O) groups is 3. The van der Waals surface area contributed by atoms with Gasteiger partial charge in [-0.15, -0.1) is 0 Å². The fraction of sp³-hybridized carbons (Fsp3) is 0.375. The lowest BCUT2D eigenvalue weighted by molar-refractivity contribution is -0.191. The number of carbonyl (C=O) groups excluding carboxylic acids is 4. The average Bonchev–Trinajstić information content (AvgIpc) is 2.79. The van der Waals surface area contributed by atoms with Crippen molar-refractivity contribution in [1.82, 2.24) is 9.88 Å². The van der Waals surface area contributed by atoms with Crippen LogP contribution in [0.4, 0.5) is 13.2 Å². The van der Waals surface area contributed by atoms with E-state index >= 15 is 0 Å². The van der Waals surface area contributed by atoms with Crippen LogP contribution in [0.5, 0.6) is 0 Å². The molecule has 0 saturated carbocycles. The number of nitrogens with zero attached hydrogens (tertiary/aromatic N) is 2. The predicted octanol–water partition coefficient (Wildman–Crippen LogP) is 3.35. The van der Waals surface area contributed by atoms with Crippen LogP contribution in [0.25, 0.3) is 0 Å². The number of halogens is 3. The topological polar surface area (TPSA) is 122 Å². The highest BCUT2D eigenvalue weighted by molar-refractivity contribution is 5.98. The third-order valence-corrected chi connectivity index (χ3v) is 5.08. The molecule has 1 fully saturated rings. The number of carboxylic acids is 1. The molecule has 8 nitrogen and oxygen atoms in total. The van der Waals surface area contributed by atoms with E-state index in [1.54, 1.807) is 19.1 Å². The van der Waals surface area contributed by atoms with Gasteiger partial charge in [-0.05, 0) is 45.1 Å².